The Hall–Kier alpha value is -1.36. The van der Waals surface area contributed by atoms with Gasteiger partial charge in [-0.1, -0.05) is 26.0 Å². The lowest BCUT2D eigenvalue weighted by atomic mass is 9.80. The zero-order valence-corrected chi connectivity index (χ0v) is 11.7. The Morgan fingerprint density at radius 2 is 1.95 bits per heavy atom. The summed E-state index contributed by atoms with van der Waals surface area (Å²) in [6.07, 6.45) is -0.611. The minimum atomic E-state index is -0.907. The molecule has 1 N–H and O–H groups in total. The molecular formula is C13H16ClF2NO2. The first kappa shape index (κ1) is 15.7. The SMILES string of the molecule is Cc1ccc([C@H]2NC(=O)OCC2(C)C)c(F)c1F.Cl. The number of hydrogen-bond acceptors (Lipinski definition) is 2. The molecule has 0 spiro atoms. The lowest BCUT2D eigenvalue weighted by Crippen LogP contribution is -2.47. The molecule has 1 aliphatic rings. The van der Waals surface area contributed by atoms with E-state index < -0.39 is 29.2 Å². The fourth-order valence-electron chi connectivity index (χ4n) is 2.07. The van der Waals surface area contributed by atoms with E-state index in [1.54, 1.807) is 0 Å². The van der Waals surface area contributed by atoms with E-state index in [1.165, 1.54) is 19.1 Å². The van der Waals surface area contributed by atoms with Crippen molar-refractivity contribution in [2.75, 3.05) is 6.61 Å². The summed E-state index contributed by atoms with van der Waals surface area (Å²) in [4.78, 5) is 11.2. The maximum Gasteiger partial charge on any atom is 0.407 e. The molecule has 3 nitrogen and oxygen atoms in total. The maximum absolute atomic E-state index is 14.0. The molecule has 106 valence electrons. The molecule has 0 aliphatic carbocycles. The lowest BCUT2D eigenvalue weighted by molar-refractivity contribution is 0.0376. The highest BCUT2D eigenvalue weighted by Crippen LogP contribution is 2.38. The largest absolute Gasteiger partial charge is 0.449 e. The predicted octanol–water partition coefficient (Wildman–Crippen LogP) is 3.50. The van der Waals surface area contributed by atoms with Crippen LogP contribution in [0.5, 0.6) is 0 Å². The van der Waals surface area contributed by atoms with E-state index in [1.807, 2.05) is 13.8 Å². The van der Waals surface area contributed by atoms with Gasteiger partial charge in [0.05, 0.1) is 6.04 Å². The van der Waals surface area contributed by atoms with Crippen molar-refractivity contribution in [1.29, 1.82) is 0 Å². The fourth-order valence-corrected chi connectivity index (χ4v) is 2.07. The normalized spacial score (nSPS) is 21.1. The van der Waals surface area contributed by atoms with E-state index in [4.69, 9.17) is 4.74 Å². The number of aryl methyl sites for hydroxylation is 1. The summed E-state index contributed by atoms with van der Waals surface area (Å²) in [5, 5.41) is 2.54. The minimum Gasteiger partial charge on any atom is -0.449 e. The molecule has 1 fully saturated rings. The average molecular weight is 292 g/mol. The van der Waals surface area contributed by atoms with Gasteiger partial charge in [0, 0.05) is 11.0 Å². The Morgan fingerprint density at radius 3 is 2.58 bits per heavy atom. The van der Waals surface area contributed by atoms with Crippen LogP contribution in [-0.4, -0.2) is 12.7 Å². The third kappa shape index (κ3) is 2.81. The summed E-state index contributed by atoms with van der Waals surface area (Å²) < 4.78 is 32.4. The molecule has 1 aromatic rings. The van der Waals surface area contributed by atoms with Gasteiger partial charge in [0.15, 0.2) is 11.6 Å². The van der Waals surface area contributed by atoms with Crippen LogP contribution in [0.1, 0.15) is 31.0 Å². The van der Waals surface area contributed by atoms with Gasteiger partial charge < -0.3 is 10.1 Å². The Balaban J connectivity index is 0.00000180. The zero-order valence-electron chi connectivity index (χ0n) is 10.9. The van der Waals surface area contributed by atoms with Crippen LogP contribution >= 0.6 is 12.4 Å². The summed E-state index contributed by atoms with van der Waals surface area (Å²) in [5.74, 6) is -1.78. The predicted molar refractivity (Wildman–Crippen MR) is 69.3 cm³/mol. The van der Waals surface area contributed by atoms with E-state index >= 15 is 0 Å². The van der Waals surface area contributed by atoms with Gasteiger partial charge in [0.2, 0.25) is 0 Å². The van der Waals surface area contributed by atoms with Gasteiger partial charge in [-0.25, -0.2) is 13.6 Å². The Bertz CT molecular complexity index is 506. The van der Waals surface area contributed by atoms with Gasteiger partial charge in [-0.15, -0.1) is 12.4 Å². The van der Waals surface area contributed by atoms with Crippen LogP contribution in [0.2, 0.25) is 0 Å². The second-order valence-electron chi connectivity index (χ2n) is 5.24. The Kier molecular flexibility index (Phi) is 4.40. The molecular weight excluding hydrogens is 276 g/mol. The van der Waals surface area contributed by atoms with Crippen LogP contribution in [-0.2, 0) is 4.74 Å². The summed E-state index contributed by atoms with van der Waals surface area (Å²) in [7, 11) is 0. The van der Waals surface area contributed by atoms with Gasteiger partial charge in [0.25, 0.3) is 0 Å². The molecule has 1 saturated heterocycles. The van der Waals surface area contributed by atoms with Crippen LogP contribution in [0.25, 0.3) is 0 Å². The maximum atomic E-state index is 14.0. The average Bonchev–Trinajstić information content (AvgIpc) is 2.30. The highest BCUT2D eigenvalue weighted by molar-refractivity contribution is 5.85. The molecule has 1 aromatic carbocycles. The number of carbonyl (C=O) groups is 1. The molecule has 1 aliphatic heterocycles. The van der Waals surface area contributed by atoms with Gasteiger partial charge in [-0.3, -0.25) is 0 Å². The number of cyclic esters (lactones) is 1. The molecule has 1 amide bonds. The first-order valence-corrected chi connectivity index (χ1v) is 5.71. The third-order valence-electron chi connectivity index (χ3n) is 3.24. The van der Waals surface area contributed by atoms with Crippen molar-refractivity contribution < 1.29 is 18.3 Å². The molecule has 6 heteroatoms. The number of hydrogen-bond donors (Lipinski definition) is 1. The number of benzene rings is 1. The number of halogens is 3. The van der Waals surface area contributed by atoms with Crippen molar-refractivity contribution >= 4 is 18.5 Å². The summed E-state index contributed by atoms with van der Waals surface area (Å²) in [6, 6.07) is 2.41. The molecule has 0 bridgehead atoms. The minimum absolute atomic E-state index is 0. The van der Waals surface area contributed by atoms with E-state index in [0.29, 0.717) is 0 Å². The Labute approximate surface area is 116 Å². The number of alkyl carbamates (subject to hydrolysis) is 1. The van der Waals surface area contributed by atoms with Gasteiger partial charge >= 0.3 is 6.09 Å². The first-order valence-electron chi connectivity index (χ1n) is 5.71. The summed E-state index contributed by atoms with van der Waals surface area (Å²) >= 11 is 0. The van der Waals surface area contributed by atoms with Crippen LogP contribution in [0, 0.1) is 24.0 Å². The number of ether oxygens (including phenoxy) is 1. The smallest absolute Gasteiger partial charge is 0.407 e. The van der Waals surface area contributed by atoms with E-state index in [2.05, 4.69) is 5.32 Å². The molecule has 19 heavy (non-hydrogen) atoms. The number of amides is 1. The van der Waals surface area contributed by atoms with E-state index in [9.17, 15) is 13.6 Å². The molecule has 1 atom stereocenters. The summed E-state index contributed by atoms with van der Waals surface area (Å²) in [5.41, 5.74) is -0.108. The Morgan fingerprint density at radius 1 is 1.32 bits per heavy atom. The topological polar surface area (TPSA) is 38.3 Å². The molecule has 1 heterocycles. The number of carbonyl (C=O) groups excluding carboxylic acids is 1. The number of rotatable bonds is 1. The molecule has 0 aromatic heterocycles. The van der Waals surface area contributed by atoms with Crippen LogP contribution < -0.4 is 5.32 Å². The first-order chi connectivity index (χ1) is 8.33. The van der Waals surface area contributed by atoms with Crippen molar-refractivity contribution in [3.05, 3.63) is 34.9 Å². The van der Waals surface area contributed by atoms with Crippen LogP contribution in [0.15, 0.2) is 12.1 Å². The van der Waals surface area contributed by atoms with Crippen molar-refractivity contribution in [3.63, 3.8) is 0 Å². The van der Waals surface area contributed by atoms with Gasteiger partial charge in [-0.05, 0) is 12.5 Å². The van der Waals surface area contributed by atoms with Crippen molar-refractivity contribution in [1.82, 2.24) is 5.32 Å². The monoisotopic (exact) mass is 291 g/mol. The summed E-state index contributed by atoms with van der Waals surface area (Å²) in [6.45, 7) is 5.32. The highest BCUT2D eigenvalue weighted by Gasteiger charge is 2.39. The second-order valence-corrected chi connectivity index (χ2v) is 5.24. The third-order valence-corrected chi connectivity index (χ3v) is 3.24. The molecule has 0 radical (unpaired) electrons. The zero-order chi connectivity index (χ0) is 13.5. The standard InChI is InChI=1S/C13H15F2NO2.ClH/c1-7-4-5-8(10(15)9(7)14)11-13(2,3)6-18-12(17)16-11;/h4-5,11H,6H2,1-3H3,(H,16,17);1H/t11-;/m1./s1. The van der Waals surface area contributed by atoms with Crippen molar-refractivity contribution in [3.8, 4) is 0 Å². The quantitative estimate of drug-likeness (QED) is 0.860. The molecule has 0 saturated carbocycles. The van der Waals surface area contributed by atoms with Crippen molar-refractivity contribution in [2.24, 2.45) is 5.41 Å². The highest BCUT2D eigenvalue weighted by atomic mass is 35.5. The fraction of sp³-hybridized carbons (Fsp3) is 0.462. The lowest BCUT2D eigenvalue weighted by Gasteiger charge is -2.38. The second kappa shape index (κ2) is 5.33. The van der Waals surface area contributed by atoms with Gasteiger partial charge in [-0.2, -0.15) is 0 Å². The number of nitrogens with one attached hydrogen (secondary N) is 1. The van der Waals surface area contributed by atoms with E-state index in [-0.39, 0.29) is 30.1 Å². The van der Waals surface area contributed by atoms with Gasteiger partial charge in [0.1, 0.15) is 6.61 Å². The van der Waals surface area contributed by atoms with Crippen LogP contribution in [0.4, 0.5) is 13.6 Å². The van der Waals surface area contributed by atoms with Crippen LogP contribution in [0.3, 0.4) is 0 Å². The van der Waals surface area contributed by atoms with Crippen molar-refractivity contribution in [2.45, 2.75) is 26.8 Å². The molecule has 0 unspecified atom stereocenters. The molecule has 2 rings (SSSR count). The van der Waals surface area contributed by atoms with E-state index in [0.717, 1.165) is 0 Å².